The van der Waals surface area contributed by atoms with Crippen molar-refractivity contribution in [2.75, 3.05) is 18.4 Å². The molecule has 0 aliphatic heterocycles. The van der Waals surface area contributed by atoms with Gasteiger partial charge >= 0.3 is 0 Å². The molecule has 0 bridgehead atoms. The Hall–Kier alpha value is -1.63. The van der Waals surface area contributed by atoms with E-state index in [2.05, 4.69) is 45.4 Å². The Bertz CT molecular complexity index is 932. The van der Waals surface area contributed by atoms with Crippen LogP contribution in [0.25, 0.3) is 10.9 Å². The Morgan fingerprint density at radius 2 is 1.96 bits per heavy atom. The lowest BCUT2D eigenvalue weighted by molar-refractivity contribution is 0.661. The van der Waals surface area contributed by atoms with Gasteiger partial charge in [0.25, 0.3) is 0 Å². The molecule has 0 saturated carbocycles. The minimum atomic E-state index is 0.0446. The smallest absolute Gasteiger partial charge is 0.191 e. The van der Waals surface area contributed by atoms with Crippen LogP contribution in [0.15, 0.2) is 39.6 Å². The highest BCUT2D eigenvalue weighted by Gasteiger charge is 2.09. The summed E-state index contributed by atoms with van der Waals surface area (Å²) >= 11 is 5.50. The highest BCUT2D eigenvalue weighted by Crippen LogP contribution is 2.31. The largest absolute Gasteiger partial charge is 0.371 e. The maximum absolute atomic E-state index is 12.1. The lowest BCUT2D eigenvalue weighted by atomic mass is 10.2. The molecule has 0 amide bonds. The van der Waals surface area contributed by atoms with E-state index in [4.69, 9.17) is 0 Å². The topological polar surface area (TPSA) is 56.9 Å². The lowest BCUT2D eigenvalue weighted by Crippen LogP contribution is -2.18. The number of benzene rings is 1. The third kappa shape index (κ3) is 4.32. The molecule has 6 heteroatoms. The van der Waals surface area contributed by atoms with Gasteiger partial charge < -0.3 is 15.6 Å². The second-order valence-corrected chi connectivity index (χ2v) is 8.28. The molecule has 0 fully saturated rings. The van der Waals surface area contributed by atoms with Crippen molar-refractivity contribution in [3.8, 4) is 0 Å². The first-order valence-electron chi connectivity index (χ1n) is 8.37. The molecule has 0 aliphatic carbocycles. The van der Waals surface area contributed by atoms with Gasteiger partial charge in [-0.05, 0) is 60.4 Å². The van der Waals surface area contributed by atoms with Gasteiger partial charge in [0, 0.05) is 38.8 Å². The Labute approximate surface area is 159 Å². The van der Waals surface area contributed by atoms with Crippen LogP contribution in [0, 0.1) is 13.8 Å². The number of halogens is 1. The predicted octanol–water partition coefficient (Wildman–Crippen LogP) is 4.56. The van der Waals surface area contributed by atoms with E-state index in [0.29, 0.717) is 0 Å². The van der Waals surface area contributed by atoms with Gasteiger partial charge in [0.1, 0.15) is 5.82 Å². The Kier molecular flexibility index (Phi) is 5.93. The van der Waals surface area contributed by atoms with E-state index in [9.17, 15) is 4.79 Å². The zero-order valence-electron chi connectivity index (χ0n) is 14.4. The summed E-state index contributed by atoms with van der Waals surface area (Å²) in [6.07, 6.45) is 0.981. The van der Waals surface area contributed by atoms with Crippen LogP contribution in [-0.4, -0.2) is 18.1 Å². The maximum atomic E-state index is 12.1. The van der Waals surface area contributed by atoms with Crippen LogP contribution in [0.4, 0.5) is 5.82 Å². The number of nitrogens with one attached hydrogen (secondary N) is 3. The van der Waals surface area contributed by atoms with Gasteiger partial charge in [-0.25, -0.2) is 0 Å². The highest BCUT2D eigenvalue weighted by molar-refractivity contribution is 9.10. The predicted molar refractivity (Wildman–Crippen MR) is 111 cm³/mol. The SMILES string of the molecule is Cc1sc(C)c(CNCCCNc2cc(=O)c3ccccc3[nH]2)c1Br. The lowest BCUT2D eigenvalue weighted by Gasteiger charge is -2.09. The molecule has 1 aromatic carbocycles. The van der Waals surface area contributed by atoms with E-state index in [1.165, 1.54) is 19.8 Å². The molecule has 4 nitrogen and oxygen atoms in total. The number of pyridine rings is 1. The zero-order valence-corrected chi connectivity index (χ0v) is 16.8. The van der Waals surface area contributed by atoms with E-state index >= 15 is 0 Å². The second-order valence-electron chi connectivity index (χ2n) is 6.06. The molecule has 2 aromatic heterocycles. The Balaban J connectivity index is 1.47. The van der Waals surface area contributed by atoms with E-state index in [-0.39, 0.29) is 5.43 Å². The van der Waals surface area contributed by atoms with Crippen molar-refractivity contribution in [2.24, 2.45) is 0 Å². The van der Waals surface area contributed by atoms with Gasteiger partial charge in [0.15, 0.2) is 5.43 Å². The zero-order chi connectivity index (χ0) is 17.8. The monoisotopic (exact) mass is 419 g/mol. The van der Waals surface area contributed by atoms with Crippen molar-refractivity contribution in [3.05, 3.63) is 60.3 Å². The Morgan fingerprint density at radius 3 is 2.72 bits per heavy atom. The third-order valence-corrected chi connectivity index (χ3v) is 6.59. The number of hydrogen-bond acceptors (Lipinski definition) is 4. The van der Waals surface area contributed by atoms with Gasteiger partial charge in [-0.3, -0.25) is 4.79 Å². The number of hydrogen-bond donors (Lipinski definition) is 3. The van der Waals surface area contributed by atoms with Crippen molar-refractivity contribution in [1.82, 2.24) is 10.3 Å². The third-order valence-electron chi connectivity index (χ3n) is 4.19. The summed E-state index contributed by atoms with van der Waals surface area (Å²) in [7, 11) is 0. The summed E-state index contributed by atoms with van der Waals surface area (Å²) in [5.74, 6) is 0.774. The minimum absolute atomic E-state index is 0.0446. The molecule has 0 atom stereocenters. The van der Waals surface area contributed by atoms with Gasteiger partial charge in [-0.15, -0.1) is 11.3 Å². The number of aromatic nitrogens is 1. The van der Waals surface area contributed by atoms with Crippen molar-refractivity contribution in [1.29, 1.82) is 0 Å². The van der Waals surface area contributed by atoms with Crippen molar-refractivity contribution >= 4 is 44.0 Å². The van der Waals surface area contributed by atoms with E-state index in [1.54, 1.807) is 6.07 Å². The molecule has 132 valence electrons. The normalized spacial score (nSPS) is 11.2. The number of aryl methyl sites for hydroxylation is 2. The second kappa shape index (κ2) is 8.17. The van der Waals surface area contributed by atoms with E-state index in [0.717, 1.165) is 42.8 Å². The number of anilines is 1. The van der Waals surface area contributed by atoms with Crippen LogP contribution in [0.2, 0.25) is 0 Å². The first-order valence-corrected chi connectivity index (χ1v) is 9.98. The first kappa shape index (κ1) is 18.2. The minimum Gasteiger partial charge on any atom is -0.371 e. The summed E-state index contributed by atoms with van der Waals surface area (Å²) < 4.78 is 1.23. The number of thiophene rings is 1. The molecule has 3 aromatic rings. The van der Waals surface area contributed by atoms with Crippen LogP contribution in [-0.2, 0) is 6.54 Å². The number of H-pyrrole nitrogens is 1. The molecular weight excluding hydrogens is 398 g/mol. The summed E-state index contributed by atoms with van der Waals surface area (Å²) in [6.45, 7) is 6.91. The average molecular weight is 420 g/mol. The number of para-hydroxylation sites is 1. The van der Waals surface area contributed by atoms with Crippen LogP contribution in [0.1, 0.15) is 21.7 Å². The first-order chi connectivity index (χ1) is 12.1. The molecule has 3 rings (SSSR count). The maximum Gasteiger partial charge on any atom is 0.191 e. The number of fused-ring (bicyclic) bond motifs is 1. The van der Waals surface area contributed by atoms with Crippen LogP contribution < -0.4 is 16.1 Å². The van der Waals surface area contributed by atoms with Crippen molar-refractivity contribution < 1.29 is 0 Å². The molecule has 25 heavy (non-hydrogen) atoms. The molecule has 2 heterocycles. The average Bonchev–Trinajstić information content (AvgIpc) is 2.84. The van der Waals surface area contributed by atoms with Gasteiger partial charge in [-0.2, -0.15) is 0 Å². The molecule has 0 radical (unpaired) electrons. The molecular formula is C19H22BrN3OS. The molecule has 0 spiro atoms. The molecule has 3 N–H and O–H groups in total. The summed E-state index contributed by atoms with van der Waals surface area (Å²) in [4.78, 5) is 18.0. The standard InChI is InChI=1S/C19H22BrN3OS/c1-12-15(19(20)13(2)25-12)11-21-8-5-9-22-18-10-17(24)14-6-3-4-7-16(14)23-18/h3-4,6-7,10,21H,5,8-9,11H2,1-2H3,(H2,22,23,24). The highest BCUT2D eigenvalue weighted by atomic mass is 79.9. The van der Waals surface area contributed by atoms with E-state index < -0.39 is 0 Å². The van der Waals surface area contributed by atoms with Crippen molar-refractivity contribution in [2.45, 2.75) is 26.8 Å². The fraction of sp³-hybridized carbons (Fsp3) is 0.316. The summed E-state index contributed by atoms with van der Waals surface area (Å²) in [6, 6.07) is 9.20. The van der Waals surface area contributed by atoms with Gasteiger partial charge in [0.05, 0.1) is 5.52 Å². The Morgan fingerprint density at radius 1 is 1.16 bits per heavy atom. The van der Waals surface area contributed by atoms with E-state index in [1.807, 2.05) is 35.6 Å². The van der Waals surface area contributed by atoms with Crippen molar-refractivity contribution in [3.63, 3.8) is 0 Å². The van der Waals surface area contributed by atoms with Crippen LogP contribution >= 0.6 is 27.3 Å². The number of rotatable bonds is 7. The van der Waals surface area contributed by atoms with Gasteiger partial charge in [-0.1, -0.05) is 12.1 Å². The fourth-order valence-electron chi connectivity index (χ4n) is 2.85. The van der Waals surface area contributed by atoms with Crippen LogP contribution in [0.5, 0.6) is 0 Å². The summed E-state index contributed by atoms with van der Waals surface area (Å²) in [5, 5.41) is 7.51. The molecule has 0 unspecified atom stereocenters. The summed E-state index contributed by atoms with van der Waals surface area (Å²) in [5.41, 5.74) is 2.27. The van der Waals surface area contributed by atoms with Gasteiger partial charge in [0.2, 0.25) is 0 Å². The number of aromatic amines is 1. The fourth-order valence-corrected chi connectivity index (χ4v) is 4.63. The molecule has 0 aliphatic rings. The molecule has 0 saturated heterocycles. The quantitative estimate of drug-likeness (QED) is 0.491. The van der Waals surface area contributed by atoms with Crippen LogP contribution in [0.3, 0.4) is 0 Å².